The van der Waals surface area contributed by atoms with Crippen molar-refractivity contribution in [2.75, 3.05) is 39.3 Å². The van der Waals surface area contributed by atoms with Crippen molar-refractivity contribution in [2.45, 2.75) is 52.9 Å². The molecule has 5 heteroatoms. The van der Waals surface area contributed by atoms with Crippen LogP contribution in [0.5, 0.6) is 0 Å². The predicted octanol–water partition coefficient (Wildman–Crippen LogP) is 2.30. The van der Waals surface area contributed by atoms with Crippen LogP contribution < -0.4 is 0 Å². The fourth-order valence-corrected chi connectivity index (χ4v) is 2.80. The number of rotatable bonds is 10. The first-order valence-electron chi connectivity index (χ1n) is 8.71. The number of ether oxygens (including phenoxy) is 1. The molecule has 0 N–H and O–H groups in total. The molecule has 0 spiro atoms. The number of carbonyl (C=O) groups is 2. The van der Waals surface area contributed by atoms with E-state index in [2.05, 4.69) is 4.90 Å². The van der Waals surface area contributed by atoms with Crippen LogP contribution in [0, 0.1) is 5.92 Å². The van der Waals surface area contributed by atoms with Crippen molar-refractivity contribution in [3.63, 3.8) is 0 Å². The summed E-state index contributed by atoms with van der Waals surface area (Å²) in [5, 5.41) is 0. The molecule has 0 aliphatic carbocycles. The zero-order valence-corrected chi connectivity index (χ0v) is 14.5. The van der Waals surface area contributed by atoms with Gasteiger partial charge in [-0.1, -0.05) is 13.8 Å². The zero-order chi connectivity index (χ0) is 16.4. The Balaban J connectivity index is 2.30. The fraction of sp³-hybridized carbons (Fsp3) is 0.882. The molecule has 0 atom stereocenters. The second-order valence-electron chi connectivity index (χ2n) is 6.29. The molecule has 1 saturated heterocycles. The maximum atomic E-state index is 12.2. The van der Waals surface area contributed by atoms with Gasteiger partial charge >= 0.3 is 5.97 Å². The Labute approximate surface area is 135 Å². The highest BCUT2D eigenvalue weighted by Crippen LogP contribution is 2.10. The third-order valence-corrected chi connectivity index (χ3v) is 4.05. The Morgan fingerprint density at radius 3 is 2.41 bits per heavy atom. The molecular weight excluding hydrogens is 280 g/mol. The van der Waals surface area contributed by atoms with E-state index in [4.69, 9.17) is 4.74 Å². The summed E-state index contributed by atoms with van der Waals surface area (Å²) in [6, 6.07) is 0. The minimum absolute atomic E-state index is 0.0271. The van der Waals surface area contributed by atoms with Gasteiger partial charge in [0.1, 0.15) is 0 Å². The molecule has 1 aliphatic heterocycles. The van der Waals surface area contributed by atoms with Crippen LogP contribution in [0.2, 0.25) is 0 Å². The molecule has 1 fully saturated rings. The van der Waals surface area contributed by atoms with Crippen molar-refractivity contribution in [3.8, 4) is 0 Å². The molecule has 0 bridgehead atoms. The van der Waals surface area contributed by atoms with Crippen LogP contribution in [-0.4, -0.2) is 61.0 Å². The summed E-state index contributed by atoms with van der Waals surface area (Å²) in [5.41, 5.74) is 0. The molecule has 0 aromatic rings. The lowest BCUT2D eigenvalue weighted by molar-refractivity contribution is -0.144. The molecule has 1 aliphatic rings. The fourth-order valence-electron chi connectivity index (χ4n) is 2.80. The van der Waals surface area contributed by atoms with Crippen LogP contribution in [-0.2, 0) is 14.3 Å². The number of amides is 1. The Morgan fingerprint density at radius 1 is 1.14 bits per heavy atom. The van der Waals surface area contributed by atoms with Gasteiger partial charge in [-0.25, -0.2) is 0 Å². The van der Waals surface area contributed by atoms with Crippen LogP contribution in [0.15, 0.2) is 0 Å². The third kappa shape index (κ3) is 7.25. The van der Waals surface area contributed by atoms with Gasteiger partial charge in [-0.05, 0) is 52.2 Å². The summed E-state index contributed by atoms with van der Waals surface area (Å²) in [5.74, 6) is -0.118. The van der Waals surface area contributed by atoms with Gasteiger partial charge in [0.15, 0.2) is 0 Å². The van der Waals surface area contributed by atoms with E-state index in [1.807, 2.05) is 18.7 Å². The van der Waals surface area contributed by atoms with Crippen LogP contribution in [0.3, 0.4) is 0 Å². The summed E-state index contributed by atoms with van der Waals surface area (Å²) in [4.78, 5) is 28.0. The van der Waals surface area contributed by atoms with Gasteiger partial charge in [-0.2, -0.15) is 0 Å². The first-order valence-corrected chi connectivity index (χ1v) is 8.71. The quantitative estimate of drug-likeness (QED) is 0.459. The summed E-state index contributed by atoms with van der Waals surface area (Å²) in [6.45, 7) is 10.8. The Morgan fingerprint density at radius 2 is 1.82 bits per heavy atom. The minimum Gasteiger partial charge on any atom is -0.466 e. The highest BCUT2D eigenvalue weighted by atomic mass is 16.5. The van der Waals surface area contributed by atoms with E-state index in [0.717, 1.165) is 25.9 Å². The number of nitrogens with zero attached hydrogens (tertiary/aromatic N) is 2. The van der Waals surface area contributed by atoms with E-state index < -0.39 is 0 Å². The van der Waals surface area contributed by atoms with E-state index in [-0.39, 0.29) is 17.8 Å². The van der Waals surface area contributed by atoms with Gasteiger partial charge in [-0.15, -0.1) is 0 Å². The topological polar surface area (TPSA) is 49.9 Å². The van der Waals surface area contributed by atoms with Gasteiger partial charge in [-0.3, -0.25) is 9.59 Å². The van der Waals surface area contributed by atoms with Crippen molar-refractivity contribution < 1.29 is 14.3 Å². The van der Waals surface area contributed by atoms with Crippen LogP contribution >= 0.6 is 0 Å². The van der Waals surface area contributed by atoms with E-state index in [9.17, 15) is 9.59 Å². The van der Waals surface area contributed by atoms with E-state index >= 15 is 0 Å². The van der Waals surface area contributed by atoms with Gasteiger partial charge in [0.2, 0.25) is 5.91 Å². The van der Waals surface area contributed by atoms with Gasteiger partial charge in [0.25, 0.3) is 0 Å². The number of hydrogen-bond acceptors (Lipinski definition) is 4. The first kappa shape index (κ1) is 18.9. The molecule has 1 rings (SSSR count). The molecule has 0 unspecified atom stereocenters. The molecule has 128 valence electrons. The number of likely N-dealkylation sites (tertiary alicyclic amines) is 1. The van der Waals surface area contributed by atoms with Crippen molar-refractivity contribution in [1.82, 2.24) is 9.80 Å². The molecule has 0 saturated carbocycles. The molecule has 0 aromatic heterocycles. The Bertz CT molecular complexity index is 339. The molecule has 1 amide bonds. The summed E-state index contributed by atoms with van der Waals surface area (Å²) in [6.07, 6.45) is 5.03. The highest BCUT2D eigenvalue weighted by Gasteiger charge is 2.18. The van der Waals surface area contributed by atoms with Gasteiger partial charge in [0, 0.05) is 19.0 Å². The molecule has 0 aromatic carbocycles. The Kier molecular flexibility index (Phi) is 9.13. The maximum Gasteiger partial charge on any atom is 0.307 e. The number of esters is 1. The molecule has 22 heavy (non-hydrogen) atoms. The summed E-state index contributed by atoms with van der Waals surface area (Å²) >= 11 is 0. The molecular formula is C17H32N2O3. The average Bonchev–Trinajstić information content (AvgIpc) is 2.99. The monoisotopic (exact) mass is 312 g/mol. The first-order chi connectivity index (χ1) is 10.5. The van der Waals surface area contributed by atoms with Crippen molar-refractivity contribution in [2.24, 2.45) is 5.92 Å². The largest absolute Gasteiger partial charge is 0.466 e. The predicted molar refractivity (Wildman–Crippen MR) is 87.6 cm³/mol. The van der Waals surface area contributed by atoms with Crippen LogP contribution in [0.4, 0.5) is 0 Å². The zero-order valence-electron chi connectivity index (χ0n) is 14.5. The van der Waals surface area contributed by atoms with Gasteiger partial charge < -0.3 is 14.5 Å². The third-order valence-electron chi connectivity index (χ3n) is 4.05. The van der Waals surface area contributed by atoms with Crippen molar-refractivity contribution in [3.05, 3.63) is 0 Å². The minimum atomic E-state index is -0.221. The number of unbranched alkanes of at least 4 members (excludes halogenated alkanes) is 1. The summed E-state index contributed by atoms with van der Waals surface area (Å²) in [7, 11) is 0. The lowest BCUT2D eigenvalue weighted by Gasteiger charge is -2.25. The van der Waals surface area contributed by atoms with E-state index in [0.29, 0.717) is 19.6 Å². The molecule has 0 radical (unpaired) electrons. The van der Waals surface area contributed by atoms with E-state index in [1.54, 1.807) is 6.92 Å². The maximum absolute atomic E-state index is 12.2. The number of hydrogen-bond donors (Lipinski definition) is 0. The second kappa shape index (κ2) is 10.6. The molecule has 1 heterocycles. The molecule has 5 nitrogen and oxygen atoms in total. The lowest BCUT2D eigenvalue weighted by atomic mass is 10.1. The second-order valence-corrected chi connectivity index (χ2v) is 6.29. The Hall–Kier alpha value is -1.10. The SMILES string of the molecule is CCOC(=O)CCN(CCCCN1CCCC1)C(=O)C(C)C. The van der Waals surface area contributed by atoms with Crippen LogP contribution in [0.1, 0.15) is 52.9 Å². The smallest absolute Gasteiger partial charge is 0.307 e. The van der Waals surface area contributed by atoms with E-state index in [1.165, 1.54) is 25.9 Å². The van der Waals surface area contributed by atoms with Crippen molar-refractivity contribution in [1.29, 1.82) is 0 Å². The van der Waals surface area contributed by atoms with Gasteiger partial charge in [0.05, 0.1) is 13.0 Å². The summed E-state index contributed by atoms with van der Waals surface area (Å²) < 4.78 is 4.94. The lowest BCUT2D eigenvalue weighted by Crippen LogP contribution is -2.37. The highest BCUT2D eigenvalue weighted by molar-refractivity contribution is 5.79. The number of carbonyl (C=O) groups excluding carboxylic acids is 2. The standard InChI is InChI=1S/C17H32N2O3/c1-4-22-16(20)9-14-19(17(21)15(2)3)13-8-7-12-18-10-5-6-11-18/h15H,4-14H2,1-3H3. The average molecular weight is 312 g/mol. The van der Waals surface area contributed by atoms with Crippen molar-refractivity contribution >= 4 is 11.9 Å². The normalized spacial score (nSPS) is 15.3. The van der Waals surface area contributed by atoms with Crippen LogP contribution in [0.25, 0.3) is 0 Å².